The molecular weight excluding hydrogens is 462 g/mol. The molecule has 0 fully saturated rings. The number of rotatable bonds is 11. The Morgan fingerprint density at radius 2 is 1.66 bits per heavy atom. The van der Waals surface area contributed by atoms with Gasteiger partial charge in [-0.15, -0.1) is 0 Å². The Bertz CT molecular complexity index is 1330. The summed E-state index contributed by atoms with van der Waals surface area (Å²) in [5, 5.41) is 13.3. The number of carbonyl (C=O) groups is 1. The lowest BCUT2D eigenvalue weighted by Gasteiger charge is -2.08. The van der Waals surface area contributed by atoms with E-state index >= 15 is 0 Å². The lowest BCUT2D eigenvalue weighted by Crippen LogP contribution is -2.19. The number of aryl methyl sites for hydroxylation is 2. The number of amides is 1. The topological polar surface area (TPSA) is 117 Å². The Balaban J connectivity index is 1.32. The molecule has 0 aliphatic carbocycles. The molecule has 3 aromatic carbocycles. The Hall–Kier alpha value is -3.82. The summed E-state index contributed by atoms with van der Waals surface area (Å²) in [4.78, 5) is 17.3. The first-order chi connectivity index (χ1) is 17.1. The first-order valence-corrected chi connectivity index (χ1v) is 12.7. The molecule has 0 aliphatic heterocycles. The second kappa shape index (κ2) is 12.0. The SMILES string of the molecule is O=C(Nc1ccc(-c2nc(CCc3ccccc3)n[nH]2)cc1)c1cccc(CNCC[SH](=O)=O)c1. The quantitative estimate of drug-likeness (QED) is 0.190. The number of nitrogens with one attached hydrogen (secondary N) is 3. The highest BCUT2D eigenvalue weighted by Crippen LogP contribution is 2.19. The van der Waals surface area contributed by atoms with Crippen LogP contribution in [-0.2, 0) is 30.1 Å². The minimum atomic E-state index is -2.39. The van der Waals surface area contributed by atoms with E-state index in [4.69, 9.17) is 0 Å². The second-order valence-electron chi connectivity index (χ2n) is 8.05. The molecule has 0 saturated carbocycles. The Labute approximate surface area is 205 Å². The van der Waals surface area contributed by atoms with Gasteiger partial charge in [0.15, 0.2) is 11.6 Å². The summed E-state index contributed by atoms with van der Waals surface area (Å²) in [7, 11) is -2.39. The van der Waals surface area contributed by atoms with Crippen LogP contribution in [0.3, 0.4) is 0 Å². The van der Waals surface area contributed by atoms with Gasteiger partial charge in [-0.05, 0) is 53.9 Å². The van der Waals surface area contributed by atoms with Gasteiger partial charge in [0, 0.05) is 36.3 Å². The minimum Gasteiger partial charge on any atom is -0.322 e. The fourth-order valence-electron chi connectivity index (χ4n) is 3.58. The Morgan fingerprint density at radius 3 is 2.43 bits per heavy atom. The van der Waals surface area contributed by atoms with Crippen LogP contribution in [-0.4, -0.2) is 41.8 Å². The summed E-state index contributed by atoms with van der Waals surface area (Å²) < 4.78 is 21.3. The van der Waals surface area contributed by atoms with E-state index in [2.05, 4.69) is 37.9 Å². The lowest BCUT2D eigenvalue weighted by molar-refractivity contribution is 0.102. The number of anilines is 1. The normalized spacial score (nSPS) is 11.0. The van der Waals surface area contributed by atoms with Crippen LogP contribution in [0, 0.1) is 0 Å². The minimum absolute atomic E-state index is 0.0918. The zero-order chi connectivity index (χ0) is 24.5. The predicted molar refractivity (Wildman–Crippen MR) is 137 cm³/mol. The first-order valence-electron chi connectivity index (χ1n) is 11.4. The van der Waals surface area contributed by atoms with Crippen molar-refractivity contribution in [2.45, 2.75) is 19.4 Å². The van der Waals surface area contributed by atoms with E-state index < -0.39 is 10.7 Å². The molecule has 0 unspecified atom stereocenters. The number of aromatic nitrogens is 3. The number of thiol groups is 1. The van der Waals surface area contributed by atoms with E-state index in [0.29, 0.717) is 30.2 Å². The summed E-state index contributed by atoms with van der Waals surface area (Å²) in [5.41, 5.74) is 4.24. The van der Waals surface area contributed by atoms with Gasteiger partial charge >= 0.3 is 0 Å². The first kappa shape index (κ1) is 24.3. The number of H-pyrrole nitrogens is 1. The molecule has 180 valence electrons. The number of benzene rings is 3. The van der Waals surface area contributed by atoms with E-state index in [-0.39, 0.29) is 11.7 Å². The molecule has 0 radical (unpaired) electrons. The average molecular weight is 490 g/mol. The zero-order valence-corrected chi connectivity index (χ0v) is 20.0. The fourth-order valence-corrected chi connectivity index (χ4v) is 3.92. The molecule has 1 heterocycles. The van der Waals surface area contributed by atoms with Gasteiger partial charge < -0.3 is 10.6 Å². The average Bonchev–Trinajstić information content (AvgIpc) is 3.36. The van der Waals surface area contributed by atoms with Gasteiger partial charge in [-0.25, -0.2) is 13.4 Å². The monoisotopic (exact) mass is 489 g/mol. The molecule has 4 aromatic rings. The summed E-state index contributed by atoms with van der Waals surface area (Å²) >= 11 is 0. The van der Waals surface area contributed by atoms with Crippen LogP contribution in [0.4, 0.5) is 5.69 Å². The maximum absolute atomic E-state index is 12.7. The number of hydrogen-bond acceptors (Lipinski definition) is 6. The van der Waals surface area contributed by atoms with Crippen LogP contribution >= 0.6 is 0 Å². The largest absolute Gasteiger partial charge is 0.322 e. The van der Waals surface area contributed by atoms with Crippen LogP contribution in [0.2, 0.25) is 0 Å². The maximum Gasteiger partial charge on any atom is 0.255 e. The molecule has 8 nitrogen and oxygen atoms in total. The Morgan fingerprint density at radius 1 is 0.886 bits per heavy atom. The highest BCUT2D eigenvalue weighted by molar-refractivity contribution is 7.72. The van der Waals surface area contributed by atoms with Gasteiger partial charge in [-0.2, -0.15) is 5.10 Å². The van der Waals surface area contributed by atoms with Gasteiger partial charge in [-0.3, -0.25) is 9.89 Å². The summed E-state index contributed by atoms with van der Waals surface area (Å²) in [6, 6.07) is 24.9. The van der Waals surface area contributed by atoms with Gasteiger partial charge in [0.2, 0.25) is 0 Å². The number of hydrogen-bond donors (Lipinski definition) is 4. The number of nitrogens with zero attached hydrogens (tertiary/aromatic N) is 2. The molecule has 0 aliphatic rings. The molecule has 0 atom stereocenters. The van der Waals surface area contributed by atoms with Crippen molar-refractivity contribution in [3.8, 4) is 11.4 Å². The van der Waals surface area contributed by atoms with Crippen LogP contribution in [0.15, 0.2) is 78.9 Å². The van der Waals surface area contributed by atoms with Crippen LogP contribution < -0.4 is 10.6 Å². The van der Waals surface area contributed by atoms with E-state index in [1.54, 1.807) is 12.1 Å². The number of aromatic amines is 1. The van der Waals surface area contributed by atoms with Gasteiger partial charge in [0.1, 0.15) is 10.7 Å². The van der Waals surface area contributed by atoms with Crippen molar-refractivity contribution >= 4 is 22.3 Å². The van der Waals surface area contributed by atoms with Gasteiger partial charge in [0.05, 0.1) is 5.75 Å². The van der Waals surface area contributed by atoms with Crippen molar-refractivity contribution in [3.05, 3.63) is 101 Å². The molecule has 4 rings (SSSR count). The summed E-state index contributed by atoms with van der Waals surface area (Å²) in [6.45, 7) is 0.866. The number of carbonyl (C=O) groups excluding carboxylic acids is 1. The summed E-state index contributed by atoms with van der Waals surface area (Å²) in [5.74, 6) is 1.32. The summed E-state index contributed by atoms with van der Waals surface area (Å²) in [6.07, 6.45) is 1.63. The highest BCUT2D eigenvalue weighted by Gasteiger charge is 2.09. The molecular formula is C26H27N5O3S. The van der Waals surface area contributed by atoms with E-state index in [1.807, 2.05) is 54.6 Å². The van der Waals surface area contributed by atoms with Crippen molar-refractivity contribution in [1.29, 1.82) is 0 Å². The molecule has 0 saturated heterocycles. The lowest BCUT2D eigenvalue weighted by atomic mass is 10.1. The van der Waals surface area contributed by atoms with Crippen molar-refractivity contribution in [2.75, 3.05) is 17.6 Å². The molecule has 3 N–H and O–H groups in total. The standard InChI is InChI=1S/C26H27N5O3S/c32-26(22-8-4-7-20(17-22)18-27-15-16-35(33)34)28-23-12-10-21(11-13-23)25-29-24(30-31-25)14-9-19-5-2-1-3-6-19/h1-8,10-13,17,27,35H,9,14-16,18H2,(H,28,32)(H,29,30,31). The zero-order valence-electron chi connectivity index (χ0n) is 19.1. The van der Waals surface area contributed by atoms with E-state index in [0.717, 1.165) is 29.8 Å². The molecule has 9 heteroatoms. The third-order valence-electron chi connectivity index (χ3n) is 5.42. The van der Waals surface area contributed by atoms with Crippen molar-refractivity contribution in [3.63, 3.8) is 0 Å². The smallest absolute Gasteiger partial charge is 0.255 e. The van der Waals surface area contributed by atoms with Crippen LogP contribution in [0.5, 0.6) is 0 Å². The fraction of sp³-hybridized carbons (Fsp3) is 0.192. The van der Waals surface area contributed by atoms with Crippen LogP contribution in [0.1, 0.15) is 27.3 Å². The van der Waals surface area contributed by atoms with Crippen LogP contribution in [0.25, 0.3) is 11.4 Å². The van der Waals surface area contributed by atoms with Crippen molar-refractivity contribution < 1.29 is 13.2 Å². The molecule has 35 heavy (non-hydrogen) atoms. The second-order valence-corrected chi connectivity index (χ2v) is 9.16. The molecule has 0 bridgehead atoms. The molecule has 1 aromatic heterocycles. The third-order valence-corrected chi connectivity index (χ3v) is 6.01. The third kappa shape index (κ3) is 7.33. The van der Waals surface area contributed by atoms with E-state index in [9.17, 15) is 13.2 Å². The maximum atomic E-state index is 12.7. The predicted octanol–water partition coefficient (Wildman–Crippen LogP) is 3.21. The van der Waals surface area contributed by atoms with Gasteiger partial charge in [0.25, 0.3) is 5.91 Å². The van der Waals surface area contributed by atoms with E-state index in [1.165, 1.54) is 5.56 Å². The van der Waals surface area contributed by atoms with Gasteiger partial charge in [-0.1, -0.05) is 42.5 Å². The molecule has 0 spiro atoms. The highest BCUT2D eigenvalue weighted by atomic mass is 32.2. The Kier molecular flexibility index (Phi) is 8.37. The van der Waals surface area contributed by atoms with Crippen molar-refractivity contribution in [1.82, 2.24) is 20.5 Å². The van der Waals surface area contributed by atoms with Crippen molar-refractivity contribution in [2.24, 2.45) is 0 Å². The molecule has 1 amide bonds.